The van der Waals surface area contributed by atoms with Gasteiger partial charge in [0.1, 0.15) is 16.5 Å². The van der Waals surface area contributed by atoms with E-state index in [4.69, 9.17) is 9.97 Å². The highest BCUT2D eigenvalue weighted by atomic mass is 32.1. The summed E-state index contributed by atoms with van der Waals surface area (Å²) >= 11 is 1.89. The largest absolute Gasteiger partial charge is 0.352 e. The van der Waals surface area contributed by atoms with Gasteiger partial charge in [-0.25, -0.2) is 9.97 Å². The number of hydrogen-bond acceptors (Lipinski definition) is 5. The molecule has 0 spiro atoms. The number of carbonyl (C=O) groups is 1. The molecule has 0 radical (unpaired) electrons. The zero-order chi connectivity index (χ0) is 19.0. The molecule has 1 amide bonds. The van der Waals surface area contributed by atoms with Crippen LogP contribution < -0.4 is 4.90 Å². The van der Waals surface area contributed by atoms with Crippen LogP contribution in [0, 0.1) is 5.92 Å². The lowest BCUT2D eigenvalue weighted by Gasteiger charge is -2.35. The van der Waals surface area contributed by atoms with Crippen molar-refractivity contribution in [2.24, 2.45) is 5.92 Å². The molecule has 0 bridgehead atoms. The highest BCUT2D eigenvalue weighted by molar-refractivity contribution is 7.19. The molecule has 2 aliphatic rings. The van der Waals surface area contributed by atoms with Gasteiger partial charge in [0.2, 0.25) is 5.91 Å². The van der Waals surface area contributed by atoms with Crippen LogP contribution in [0.4, 0.5) is 5.82 Å². The van der Waals surface area contributed by atoms with Gasteiger partial charge < -0.3 is 9.80 Å². The summed E-state index contributed by atoms with van der Waals surface area (Å²) < 4.78 is 0. The molecular formula is C21H30N4OS. The Morgan fingerprint density at radius 2 is 2.00 bits per heavy atom. The van der Waals surface area contributed by atoms with Crippen molar-refractivity contribution >= 4 is 33.3 Å². The third-order valence-corrected chi connectivity index (χ3v) is 7.11. The predicted molar refractivity (Wildman–Crippen MR) is 112 cm³/mol. The summed E-state index contributed by atoms with van der Waals surface area (Å²) in [5.41, 5.74) is 1.50. The number of anilines is 1. The van der Waals surface area contributed by atoms with Crippen molar-refractivity contribution < 1.29 is 4.79 Å². The number of carbonyl (C=O) groups excluding carboxylic acids is 1. The van der Waals surface area contributed by atoms with Gasteiger partial charge in [-0.1, -0.05) is 20.3 Å². The first kappa shape index (κ1) is 18.7. The maximum atomic E-state index is 11.7. The van der Waals surface area contributed by atoms with Crippen LogP contribution >= 0.6 is 11.3 Å². The minimum Gasteiger partial charge on any atom is -0.352 e. The van der Waals surface area contributed by atoms with E-state index in [-0.39, 0.29) is 5.91 Å². The van der Waals surface area contributed by atoms with Crippen LogP contribution in [0.25, 0.3) is 10.2 Å². The van der Waals surface area contributed by atoms with Crippen LogP contribution in [-0.4, -0.2) is 47.0 Å². The molecule has 1 saturated heterocycles. The van der Waals surface area contributed by atoms with Crippen molar-refractivity contribution in [1.82, 2.24) is 14.9 Å². The van der Waals surface area contributed by atoms with Crippen molar-refractivity contribution in [2.45, 2.75) is 59.3 Å². The predicted octanol–water partition coefficient (Wildman–Crippen LogP) is 3.83. The number of hydrogen-bond donors (Lipinski definition) is 0. The first-order valence-electron chi connectivity index (χ1n) is 10.4. The number of thiophene rings is 1. The smallest absolute Gasteiger partial charge is 0.219 e. The number of aryl methyl sites for hydroxylation is 2. The van der Waals surface area contributed by atoms with E-state index in [9.17, 15) is 4.79 Å². The van der Waals surface area contributed by atoms with Gasteiger partial charge in [0.15, 0.2) is 0 Å². The zero-order valence-electron chi connectivity index (χ0n) is 16.8. The Kier molecular flexibility index (Phi) is 5.35. The van der Waals surface area contributed by atoms with Gasteiger partial charge in [-0.2, -0.15) is 0 Å². The first-order valence-corrected chi connectivity index (χ1v) is 11.2. The molecule has 1 fully saturated rings. The number of fused-ring (bicyclic) bond motifs is 3. The third kappa shape index (κ3) is 3.68. The number of unbranched alkanes of at least 4 members (excludes halogenated alkanes) is 1. The molecule has 0 saturated carbocycles. The summed E-state index contributed by atoms with van der Waals surface area (Å²) in [7, 11) is 0. The fraction of sp³-hybridized carbons (Fsp3) is 0.667. The Labute approximate surface area is 165 Å². The van der Waals surface area contributed by atoms with Crippen LogP contribution in [0.5, 0.6) is 0 Å². The average molecular weight is 387 g/mol. The van der Waals surface area contributed by atoms with Crippen molar-refractivity contribution in [1.29, 1.82) is 0 Å². The first-order chi connectivity index (χ1) is 13.1. The highest BCUT2D eigenvalue weighted by Crippen LogP contribution is 2.41. The van der Waals surface area contributed by atoms with Crippen LogP contribution in [-0.2, 0) is 24.1 Å². The summed E-state index contributed by atoms with van der Waals surface area (Å²) in [5, 5.41) is 1.30. The Morgan fingerprint density at radius 3 is 2.70 bits per heavy atom. The lowest BCUT2D eigenvalue weighted by Crippen LogP contribution is -2.48. The Morgan fingerprint density at radius 1 is 1.22 bits per heavy atom. The molecule has 0 aromatic carbocycles. The second kappa shape index (κ2) is 7.74. The van der Waals surface area contributed by atoms with Gasteiger partial charge in [-0.15, -0.1) is 11.3 Å². The summed E-state index contributed by atoms with van der Waals surface area (Å²) in [6.45, 7) is 9.53. The van der Waals surface area contributed by atoms with Crippen molar-refractivity contribution in [3.63, 3.8) is 0 Å². The molecule has 5 nitrogen and oxygen atoms in total. The second-order valence-electron chi connectivity index (χ2n) is 8.09. The van der Waals surface area contributed by atoms with Crippen molar-refractivity contribution in [2.75, 3.05) is 31.1 Å². The number of amides is 1. The fourth-order valence-corrected chi connectivity index (χ4v) is 5.67. The maximum absolute atomic E-state index is 11.7. The van der Waals surface area contributed by atoms with Crippen LogP contribution in [0.15, 0.2) is 0 Å². The summed E-state index contributed by atoms with van der Waals surface area (Å²) in [6, 6.07) is 0. The van der Waals surface area contributed by atoms with Crippen LogP contribution in [0.2, 0.25) is 0 Å². The molecule has 6 heteroatoms. The quantitative estimate of drug-likeness (QED) is 0.801. The zero-order valence-corrected chi connectivity index (χ0v) is 17.6. The van der Waals surface area contributed by atoms with Gasteiger partial charge in [0.05, 0.1) is 5.39 Å². The monoisotopic (exact) mass is 386 g/mol. The molecule has 0 N–H and O–H groups in total. The Bertz CT molecular complexity index is 838. The van der Waals surface area contributed by atoms with Crippen LogP contribution in [0.1, 0.15) is 56.3 Å². The van der Waals surface area contributed by atoms with Gasteiger partial charge in [0.25, 0.3) is 0 Å². The number of aromatic nitrogens is 2. The molecule has 146 valence electrons. The van der Waals surface area contributed by atoms with E-state index in [0.717, 1.165) is 69.4 Å². The Hall–Kier alpha value is -1.69. The lowest BCUT2D eigenvalue weighted by molar-refractivity contribution is -0.129. The van der Waals surface area contributed by atoms with Gasteiger partial charge in [-0.05, 0) is 37.2 Å². The van der Waals surface area contributed by atoms with Crippen LogP contribution in [0.3, 0.4) is 0 Å². The van der Waals surface area contributed by atoms with E-state index < -0.39 is 0 Å². The molecule has 1 atom stereocenters. The minimum atomic E-state index is 0.174. The van der Waals surface area contributed by atoms with Gasteiger partial charge >= 0.3 is 0 Å². The Balaban J connectivity index is 1.73. The third-order valence-electron chi connectivity index (χ3n) is 5.96. The van der Waals surface area contributed by atoms with E-state index in [1.807, 2.05) is 16.2 Å². The SMILES string of the molecule is CCCCc1nc(N2CCN(C(C)=O)CC2)c2c3c(sc2n1)CC(C)CC3. The van der Waals surface area contributed by atoms with E-state index >= 15 is 0 Å². The molecule has 27 heavy (non-hydrogen) atoms. The minimum absolute atomic E-state index is 0.174. The molecule has 2 aromatic rings. The fourth-order valence-electron chi connectivity index (χ4n) is 4.27. The standard InChI is InChI=1S/C21H30N4OS/c1-4-5-6-18-22-20(25-11-9-24(10-12-25)15(3)26)19-16-8-7-14(2)13-17(16)27-21(19)23-18/h14H,4-13H2,1-3H3. The normalized spacial score (nSPS) is 20.2. The lowest BCUT2D eigenvalue weighted by atomic mass is 9.89. The van der Waals surface area contributed by atoms with Crippen molar-refractivity contribution in [3.8, 4) is 0 Å². The van der Waals surface area contributed by atoms with E-state index in [1.165, 1.54) is 33.5 Å². The second-order valence-corrected chi connectivity index (χ2v) is 9.18. The number of rotatable bonds is 4. The molecule has 1 aliphatic heterocycles. The van der Waals surface area contributed by atoms with E-state index in [0.29, 0.717) is 0 Å². The average Bonchev–Trinajstić information content (AvgIpc) is 3.03. The molecular weight excluding hydrogens is 356 g/mol. The molecule has 2 aromatic heterocycles. The summed E-state index contributed by atoms with van der Waals surface area (Å²) in [4.78, 5) is 28.7. The summed E-state index contributed by atoms with van der Waals surface area (Å²) in [5.74, 6) is 3.05. The van der Waals surface area contributed by atoms with E-state index in [2.05, 4.69) is 18.7 Å². The molecule has 1 aliphatic carbocycles. The highest BCUT2D eigenvalue weighted by Gasteiger charge is 2.27. The number of nitrogens with zero attached hydrogens (tertiary/aromatic N) is 4. The van der Waals surface area contributed by atoms with Gasteiger partial charge in [0, 0.05) is 44.4 Å². The topological polar surface area (TPSA) is 49.3 Å². The number of piperazine rings is 1. The van der Waals surface area contributed by atoms with Gasteiger partial charge in [-0.3, -0.25) is 4.79 Å². The molecule has 1 unspecified atom stereocenters. The maximum Gasteiger partial charge on any atom is 0.219 e. The van der Waals surface area contributed by atoms with Crippen molar-refractivity contribution in [3.05, 3.63) is 16.3 Å². The van der Waals surface area contributed by atoms with E-state index in [1.54, 1.807) is 6.92 Å². The molecule has 3 heterocycles. The summed E-state index contributed by atoms with van der Waals surface area (Å²) in [6.07, 6.45) is 6.82. The molecule has 4 rings (SSSR count).